The van der Waals surface area contributed by atoms with Crippen LogP contribution in [-0.4, -0.2) is 29.2 Å². The first-order valence-corrected chi connectivity index (χ1v) is 21.7. The molecule has 234 valence electrons. The minimum Gasteiger partial charge on any atom is -0.488 e. The summed E-state index contributed by atoms with van der Waals surface area (Å²) < 4.78 is 24.5. The van der Waals surface area contributed by atoms with Gasteiger partial charge in [-0.15, -0.1) is 11.3 Å². The summed E-state index contributed by atoms with van der Waals surface area (Å²) in [5.74, 6) is 0.509. The Hall–Kier alpha value is -1.98. The minimum absolute atomic E-state index is 0.135. The van der Waals surface area contributed by atoms with Crippen molar-refractivity contribution in [1.29, 1.82) is 0 Å². The molecule has 0 amide bonds. The molecule has 0 atom stereocenters. The smallest absolute Gasteiger partial charge is 0.330 e. The van der Waals surface area contributed by atoms with E-state index in [-0.39, 0.29) is 16.0 Å². The summed E-state index contributed by atoms with van der Waals surface area (Å²) in [5.41, 5.74) is 3.47. The average molecular weight is 631 g/mol. The Bertz CT molecular complexity index is 1230. The second kappa shape index (κ2) is 15.2. The van der Waals surface area contributed by atoms with Crippen molar-refractivity contribution in [3.05, 3.63) is 69.4 Å². The largest absolute Gasteiger partial charge is 0.488 e. The van der Waals surface area contributed by atoms with Crippen molar-refractivity contribution < 1.29 is 23.1 Å². The number of hydrogen-bond acceptors (Lipinski definition) is 6. The van der Waals surface area contributed by atoms with Crippen molar-refractivity contribution in [3.63, 3.8) is 0 Å². The molecule has 0 N–H and O–H groups in total. The van der Waals surface area contributed by atoms with Gasteiger partial charge >= 0.3 is 5.97 Å². The van der Waals surface area contributed by atoms with E-state index in [2.05, 4.69) is 98.9 Å². The molecule has 0 fully saturated rings. The number of carbonyl (C=O) groups excluding carboxylic acids is 1. The highest BCUT2D eigenvalue weighted by atomic mass is 32.1. The Morgan fingerprint density at radius 2 is 1.43 bits per heavy atom. The SMILES string of the molecule is CCOC(=O)C=CC=C(CC)c1ccc(COc2ccc(CO[Si](C)(C)C(C)(C)C)c(CO[Si](C)(C)C(C)(C)C)c2)s1. The third-order valence-corrected chi connectivity index (χ3v) is 18.6. The first kappa shape index (κ1) is 36.2. The fraction of sp³-hybridized carbons (Fsp3) is 0.559. The molecule has 0 spiro atoms. The number of esters is 1. The number of carbonyl (C=O) groups is 1. The van der Waals surface area contributed by atoms with Crippen molar-refractivity contribution in [2.75, 3.05) is 6.61 Å². The molecule has 0 aliphatic carbocycles. The Kier molecular flexibility index (Phi) is 13.1. The third-order valence-electron chi connectivity index (χ3n) is 8.52. The second-order valence-corrected chi connectivity index (χ2v) is 24.5. The van der Waals surface area contributed by atoms with E-state index in [1.807, 2.05) is 12.1 Å². The van der Waals surface area contributed by atoms with E-state index in [1.54, 1.807) is 24.3 Å². The average Bonchev–Trinajstić information content (AvgIpc) is 3.35. The summed E-state index contributed by atoms with van der Waals surface area (Å²) in [6.45, 7) is 28.7. The molecular weight excluding hydrogens is 577 g/mol. The molecule has 42 heavy (non-hydrogen) atoms. The number of benzene rings is 1. The van der Waals surface area contributed by atoms with Crippen molar-refractivity contribution >= 4 is 39.5 Å². The first-order valence-electron chi connectivity index (χ1n) is 15.1. The van der Waals surface area contributed by atoms with Crippen LogP contribution in [0.4, 0.5) is 0 Å². The van der Waals surface area contributed by atoms with Crippen LogP contribution in [0.1, 0.15) is 82.7 Å². The molecule has 1 aromatic heterocycles. The lowest BCUT2D eigenvalue weighted by molar-refractivity contribution is -0.137. The number of thiophene rings is 1. The van der Waals surface area contributed by atoms with E-state index in [9.17, 15) is 4.79 Å². The molecule has 8 heteroatoms. The van der Waals surface area contributed by atoms with Crippen LogP contribution >= 0.6 is 11.3 Å². The van der Waals surface area contributed by atoms with E-state index in [0.29, 0.717) is 26.4 Å². The van der Waals surface area contributed by atoms with Gasteiger partial charge in [0.05, 0.1) is 19.8 Å². The number of ether oxygens (including phenoxy) is 2. The summed E-state index contributed by atoms with van der Waals surface area (Å²) in [5, 5.41) is 0.285. The lowest BCUT2D eigenvalue weighted by atomic mass is 10.1. The second-order valence-electron chi connectivity index (χ2n) is 13.7. The molecule has 2 rings (SSSR count). The van der Waals surface area contributed by atoms with Crippen LogP contribution in [-0.2, 0) is 38.2 Å². The standard InChI is InChI=1S/C34H54O5SSi2/c1-13-26(16-15-17-32(35)36-14-2)31-21-20-30(40-31)25-37-29-19-18-27(23-38-41(9,10)33(3,4)5)28(22-29)24-39-42(11,12)34(6,7)8/h15-22H,13-14,23-25H2,1-12H3. The zero-order chi connectivity index (χ0) is 31.8. The van der Waals surface area contributed by atoms with Gasteiger partial charge in [-0.25, -0.2) is 4.79 Å². The van der Waals surface area contributed by atoms with Crippen molar-refractivity contribution in [2.24, 2.45) is 0 Å². The van der Waals surface area contributed by atoms with Gasteiger partial charge in [-0.3, -0.25) is 0 Å². The van der Waals surface area contributed by atoms with Crippen LogP contribution in [0.3, 0.4) is 0 Å². The quantitative estimate of drug-likeness (QED) is 0.0900. The van der Waals surface area contributed by atoms with E-state index >= 15 is 0 Å². The third kappa shape index (κ3) is 10.6. The van der Waals surface area contributed by atoms with Crippen LogP contribution in [0.25, 0.3) is 5.57 Å². The van der Waals surface area contributed by atoms with Gasteiger partial charge in [-0.2, -0.15) is 0 Å². The number of rotatable bonds is 14. The fourth-order valence-electron chi connectivity index (χ4n) is 3.51. The summed E-state index contributed by atoms with van der Waals surface area (Å²) in [6, 6.07) is 10.5. The van der Waals surface area contributed by atoms with Crippen molar-refractivity contribution in [2.45, 2.75) is 118 Å². The van der Waals surface area contributed by atoms with Gasteiger partial charge in [0.1, 0.15) is 12.4 Å². The monoisotopic (exact) mass is 630 g/mol. The van der Waals surface area contributed by atoms with Crippen LogP contribution in [0.2, 0.25) is 36.3 Å². The molecule has 2 aromatic rings. The zero-order valence-corrected chi connectivity index (χ0v) is 30.9. The lowest BCUT2D eigenvalue weighted by Gasteiger charge is -2.37. The lowest BCUT2D eigenvalue weighted by Crippen LogP contribution is -2.41. The summed E-state index contributed by atoms with van der Waals surface area (Å²) in [7, 11) is -3.82. The van der Waals surface area contributed by atoms with E-state index in [0.717, 1.165) is 28.2 Å². The molecule has 1 aromatic carbocycles. The Balaban J connectivity index is 2.21. The van der Waals surface area contributed by atoms with Gasteiger partial charge in [-0.1, -0.05) is 66.7 Å². The van der Waals surface area contributed by atoms with Gasteiger partial charge in [-0.05, 0) is 90.6 Å². The topological polar surface area (TPSA) is 54.0 Å². The van der Waals surface area contributed by atoms with Gasteiger partial charge in [0.15, 0.2) is 16.6 Å². The molecular formula is C34H54O5SSi2. The molecule has 1 heterocycles. The van der Waals surface area contributed by atoms with Crippen LogP contribution in [0.5, 0.6) is 5.75 Å². The predicted molar refractivity (Wildman–Crippen MR) is 183 cm³/mol. The number of allylic oxidation sites excluding steroid dienone is 3. The maximum atomic E-state index is 11.6. The molecule has 0 aliphatic heterocycles. The molecule has 0 unspecified atom stereocenters. The van der Waals surface area contributed by atoms with Crippen LogP contribution < -0.4 is 4.74 Å². The Labute approximate surface area is 261 Å². The normalized spacial score (nSPS) is 13.6. The summed E-state index contributed by atoms with van der Waals surface area (Å²) in [6.07, 6.45) is 6.07. The van der Waals surface area contributed by atoms with E-state index in [1.165, 1.54) is 16.5 Å². The van der Waals surface area contributed by atoms with Gasteiger partial charge in [0.25, 0.3) is 0 Å². The summed E-state index contributed by atoms with van der Waals surface area (Å²) in [4.78, 5) is 13.9. The highest BCUT2D eigenvalue weighted by molar-refractivity contribution is 7.13. The number of hydrogen-bond donors (Lipinski definition) is 0. The van der Waals surface area contributed by atoms with Crippen molar-refractivity contribution in [1.82, 2.24) is 0 Å². The molecule has 0 radical (unpaired) electrons. The van der Waals surface area contributed by atoms with Crippen molar-refractivity contribution in [3.8, 4) is 5.75 Å². The minimum atomic E-state index is -1.93. The van der Waals surface area contributed by atoms with Gasteiger partial charge in [0.2, 0.25) is 0 Å². The van der Waals surface area contributed by atoms with Crippen LogP contribution in [0, 0.1) is 0 Å². The highest BCUT2D eigenvalue weighted by Crippen LogP contribution is 2.39. The Morgan fingerprint density at radius 1 is 0.833 bits per heavy atom. The van der Waals surface area contributed by atoms with Gasteiger partial charge < -0.3 is 18.3 Å². The maximum Gasteiger partial charge on any atom is 0.330 e. The van der Waals surface area contributed by atoms with E-state index in [4.69, 9.17) is 18.3 Å². The predicted octanol–water partition coefficient (Wildman–Crippen LogP) is 10.3. The maximum absolute atomic E-state index is 11.6. The fourth-order valence-corrected chi connectivity index (χ4v) is 6.42. The molecule has 0 saturated heterocycles. The Morgan fingerprint density at radius 3 is 1.98 bits per heavy atom. The zero-order valence-electron chi connectivity index (χ0n) is 28.1. The molecule has 0 aliphatic rings. The molecule has 0 saturated carbocycles. The molecule has 5 nitrogen and oxygen atoms in total. The van der Waals surface area contributed by atoms with Gasteiger partial charge in [0, 0.05) is 15.8 Å². The first-order chi connectivity index (χ1) is 19.4. The van der Waals surface area contributed by atoms with E-state index < -0.39 is 16.6 Å². The highest BCUT2D eigenvalue weighted by Gasteiger charge is 2.38. The summed E-state index contributed by atoms with van der Waals surface area (Å²) >= 11 is 1.71. The van der Waals surface area contributed by atoms with Crippen LogP contribution in [0.15, 0.2) is 48.6 Å². The molecule has 0 bridgehead atoms.